The lowest BCUT2D eigenvalue weighted by molar-refractivity contribution is -0.151. The van der Waals surface area contributed by atoms with E-state index < -0.39 is 5.60 Å². The molecule has 0 aliphatic rings. The quantitative estimate of drug-likeness (QED) is 0.631. The molecule has 8 heteroatoms. The second kappa shape index (κ2) is 7.44. The molecule has 1 rings (SSSR count). The summed E-state index contributed by atoms with van der Waals surface area (Å²) in [6.45, 7) is 9.25. The molecule has 21 heavy (non-hydrogen) atoms. The highest BCUT2D eigenvalue weighted by Gasteiger charge is 2.17. The predicted molar refractivity (Wildman–Crippen MR) is 81.7 cm³/mol. The van der Waals surface area contributed by atoms with Crippen LogP contribution >= 0.6 is 11.8 Å². The summed E-state index contributed by atoms with van der Waals surface area (Å²) < 4.78 is 10.7. The van der Waals surface area contributed by atoms with Gasteiger partial charge >= 0.3 is 12.0 Å². The van der Waals surface area contributed by atoms with E-state index in [0.717, 1.165) is 0 Å². The van der Waals surface area contributed by atoms with Gasteiger partial charge < -0.3 is 14.8 Å². The lowest BCUT2D eigenvalue weighted by Gasteiger charge is -2.19. The van der Waals surface area contributed by atoms with Gasteiger partial charge in [-0.15, -0.1) is 0 Å². The van der Waals surface area contributed by atoms with Gasteiger partial charge in [-0.3, -0.25) is 4.79 Å². The first-order valence-electron chi connectivity index (χ1n) is 6.64. The molecule has 0 radical (unpaired) electrons. The van der Waals surface area contributed by atoms with Crippen molar-refractivity contribution >= 4 is 23.7 Å². The number of nitrogens with zero attached hydrogens (tertiary/aromatic N) is 3. The van der Waals surface area contributed by atoms with Crippen LogP contribution in [0.15, 0.2) is 5.16 Å². The number of hydrogen-bond donors (Lipinski definition) is 1. The summed E-state index contributed by atoms with van der Waals surface area (Å²) in [5, 5.41) is 3.25. The molecule has 1 aromatic rings. The van der Waals surface area contributed by atoms with Crippen molar-refractivity contribution < 1.29 is 14.3 Å². The number of hydrogen-bond acceptors (Lipinski definition) is 8. The van der Waals surface area contributed by atoms with Gasteiger partial charge in [0.1, 0.15) is 5.60 Å². The largest absolute Gasteiger partial charge is 0.461 e. The zero-order valence-corrected chi connectivity index (χ0v) is 14.1. The maximum Gasteiger partial charge on any atom is 0.322 e. The second-order valence-corrected chi connectivity index (χ2v) is 6.46. The zero-order chi connectivity index (χ0) is 16.0. The summed E-state index contributed by atoms with van der Waals surface area (Å²) in [4.78, 5) is 24.1. The number of anilines is 1. The Morgan fingerprint density at radius 3 is 2.48 bits per heavy atom. The molecule has 0 unspecified atom stereocenters. The molecule has 7 nitrogen and oxygen atoms in total. The van der Waals surface area contributed by atoms with E-state index in [0.29, 0.717) is 11.1 Å². The Kier molecular flexibility index (Phi) is 6.19. The summed E-state index contributed by atoms with van der Waals surface area (Å²) in [6.07, 6.45) is -0.0409. The third-order valence-electron chi connectivity index (χ3n) is 1.90. The smallest absolute Gasteiger partial charge is 0.322 e. The fourth-order valence-electron chi connectivity index (χ4n) is 1.27. The Morgan fingerprint density at radius 1 is 1.29 bits per heavy atom. The van der Waals surface area contributed by atoms with E-state index in [2.05, 4.69) is 20.3 Å². The number of carbonyl (C=O) groups is 1. The van der Waals surface area contributed by atoms with Crippen LogP contribution in [0.5, 0.6) is 6.01 Å². The highest BCUT2D eigenvalue weighted by atomic mass is 32.2. The summed E-state index contributed by atoms with van der Waals surface area (Å²) >= 11 is 1.18. The van der Waals surface area contributed by atoms with Crippen LogP contribution in [0, 0.1) is 0 Å². The van der Waals surface area contributed by atoms with E-state index >= 15 is 0 Å². The highest BCUT2D eigenvalue weighted by Crippen LogP contribution is 2.19. The molecule has 1 heterocycles. The van der Waals surface area contributed by atoms with Gasteiger partial charge in [-0.2, -0.15) is 15.0 Å². The molecule has 118 valence electrons. The van der Waals surface area contributed by atoms with Crippen molar-refractivity contribution in [2.75, 3.05) is 18.1 Å². The topological polar surface area (TPSA) is 86.2 Å². The molecule has 0 fully saturated rings. The number of thioether (sulfide) groups is 1. The Bertz CT molecular complexity index is 489. The van der Waals surface area contributed by atoms with Gasteiger partial charge in [0.25, 0.3) is 0 Å². The van der Waals surface area contributed by atoms with Crippen LogP contribution in [-0.2, 0) is 9.53 Å². The monoisotopic (exact) mass is 314 g/mol. The van der Waals surface area contributed by atoms with Crippen molar-refractivity contribution in [2.45, 2.75) is 51.5 Å². The van der Waals surface area contributed by atoms with E-state index in [1.54, 1.807) is 7.05 Å². The Hall–Kier alpha value is -1.57. The summed E-state index contributed by atoms with van der Waals surface area (Å²) in [7, 11) is 1.71. The maximum atomic E-state index is 11.7. The molecule has 0 atom stereocenters. The van der Waals surface area contributed by atoms with Crippen LogP contribution in [0.1, 0.15) is 34.6 Å². The molecule has 0 aliphatic heterocycles. The van der Waals surface area contributed by atoms with Gasteiger partial charge in [0.2, 0.25) is 5.95 Å². The zero-order valence-electron chi connectivity index (χ0n) is 13.3. The van der Waals surface area contributed by atoms with Gasteiger partial charge in [0.05, 0.1) is 11.9 Å². The van der Waals surface area contributed by atoms with E-state index in [1.165, 1.54) is 11.8 Å². The molecule has 0 spiro atoms. The van der Waals surface area contributed by atoms with Gasteiger partial charge in [-0.05, 0) is 34.6 Å². The average Bonchev–Trinajstić information content (AvgIpc) is 2.33. The summed E-state index contributed by atoms with van der Waals surface area (Å²) in [5.41, 5.74) is -0.501. The van der Waals surface area contributed by atoms with Crippen LogP contribution in [0.4, 0.5) is 5.95 Å². The fraction of sp³-hybridized carbons (Fsp3) is 0.692. The average molecular weight is 314 g/mol. The number of aromatic nitrogens is 3. The fourth-order valence-corrected chi connectivity index (χ4v) is 1.87. The molecule has 0 amide bonds. The molecule has 0 saturated carbocycles. The van der Waals surface area contributed by atoms with E-state index in [-0.39, 0.29) is 23.8 Å². The van der Waals surface area contributed by atoms with Crippen molar-refractivity contribution in [2.24, 2.45) is 0 Å². The third-order valence-corrected chi connectivity index (χ3v) is 2.72. The van der Waals surface area contributed by atoms with Crippen molar-refractivity contribution in [3.8, 4) is 6.01 Å². The van der Waals surface area contributed by atoms with E-state index in [9.17, 15) is 4.79 Å². The SMILES string of the molecule is CNc1nc(OC(C)C)nc(SCC(=O)OC(C)(C)C)n1. The molecule has 1 aromatic heterocycles. The first kappa shape index (κ1) is 17.5. The number of rotatable bonds is 6. The minimum atomic E-state index is -0.501. The predicted octanol–water partition coefficient (Wildman–Crippen LogP) is 2.13. The Balaban J connectivity index is 2.71. The number of carbonyl (C=O) groups excluding carboxylic acids is 1. The normalized spacial score (nSPS) is 11.4. The molecule has 0 saturated heterocycles. The molecular formula is C13H22N4O3S. The van der Waals surface area contributed by atoms with Gasteiger partial charge in [-0.1, -0.05) is 11.8 Å². The van der Waals surface area contributed by atoms with Gasteiger partial charge in [-0.25, -0.2) is 0 Å². The van der Waals surface area contributed by atoms with Crippen molar-refractivity contribution in [1.29, 1.82) is 0 Å². The van der Waals surface area contributed by atoms with Crippen LogP contribution in [0.2, 0.25) is 0 Å². The minimum Gasteiger partial charge on any atom is -0.461 e. The number of esters is 1. The molecule has 0 bridgehead atoms. The van der Waals surface area contributed by atoms with Crippen LogP contribution in [0.25, 0.3) is 0 Å². The lowest BCUT2D eigenvalue weighted by atomic mass is 10.2. The number of ether oxygens (including phenoxy) is 2. The Labute approximate surface area is 129 Å². The maximum absolute atomic E-state index is 11.7. The van der Waals surface area contributed by atoms with Crippen molar-refractivity contribution in [3.63, 3.8) is 0 Å². The lowest BCUT2D eigenvalue weighted by Crippen LogP contribution is -2.25. The van der Waals surface area contributed by atoms with Gasteiger partial charge in [0.15, 0.2) is 5.16 Å². The molecule has 1 N–H and O–H groups in total. The molecule has 0 aliphatic carbocycles. The third kappa shape index (κ3) is 7.12. The van der Waals surface area contributed by atoms with E-state index in [4.69, 9.17) is 9.47 Å². The summed E-state index contributed by atoms with van der Waals surface area (Å²) in [6, 6.07) is 0.232. The Morgan fingerprint density at radius 2 is 1.95 bits per heavy atom. The first-order valence-corrected chi connectivity index (χ1v) is 7.63. The summed E-state index contributed by atoms with van der Waals surface area (Å²) in [5.74, 6) is 0.212. The van der Waals surface area contributed by atoms with Crippen LogP contribution < -0.4 is 10.1 Å². The van der Waals surface area contributed by atoms with Crippen LogP contribution in [0.3, 0.4) is 0 Å². The molecule has 0 aromatic carbocycles. The first-order chi connectivity index (χ1) is 9.69. The van der Waals surface area contributed by atoms with Gasteiger partial charge in [0, 0.05) is 7.05 Å². The minimum absolute atomic E-state index is 0.0409. The highest BCUT2D eigenvalue weighted by molar-refractivity contribution is 7.99. The van der Waals surface area contributed by atoms with Crippen molar-refractivity contribution in [1.82, 2.24) is 15.0 Å². The van der Waals surface area contributed by atoms with Crippen LogP contribution in [-0.4, -0.2) is 45.4 Å². The van der Waals surface area contributed by atoms with E-state index in [1.807, 2.05) is 34.6 Å². The standard InChI is InChI=1S/C13H22N4O3S/c1-8(2)19-11-15-10(14-6)16-12(17-11)21-7-9(18)20-13(3,4)5/h8H,7H2,1-6H3,(H,14,15,16,17). The molecular weight excluding hydrogens is 292 g/mol. The van der Waals surface area contributed by atoms with Crippen molar-refractivity contribution in [3.05, 3.63) is 0 Å². The number of nitrogens with one attached hydrogen (secondary N) is 1. The second-order valence-electron chi connectivity index (χ2n) is 5.52.